The second-order valence-corrected chi connectivity index (χ2v) is 6.11. The molecule has 0 aliphatic heterocycles. The van der Waals surface area contributed by atoms with Crippen LogP contribution in [0.2, 0.25) is 0 Å². The van der Waals surface area contributed by atoms with Gasteiger partial charge in [-0.1, -0.05) is 15.9 Å². The lowest BCUT2D eigenvalue weighted by molar-refractivity contribution is -0.385. The van der Waals surface area contributed by atoms with E-state index in [9.17, 15) is 20.2 Å². The molecular formula is C18H15BrN2O7. The van der Waals surface area contributed by atoms with Gasteiger partial charge >= 0.3 is 11.4 Å². The first-order valence-corrected chi connectivity index (χ1v) is 8.51. The first-order valence-electron chi connectivity index (χ1n) is 7.71. The van der Waals surface area contributed by atoms with Crippen molar-refractivity contribution in [1.82, 2.24) is 0 Å². The van der Waals surface area contributed by atoms with E-state index in [0.29, 0.717) is 15.8 Å². The molecule has 10 heteroatoms. The monoisotopic (exact) mass is 450 g/mol. The third-order valence-corrected chi connectivity index (χ3v) is 4.01. The van der Waals surface area contributed by atoms with E-state index in [-0.39, 0.29) is 22.9 Å². The summed E-state index contributed by atoms with van der Waals surface area (Å²) in [5, 5.41) is 21.2. The molecule has 1 aromatic heterocycles. The van der Waals surface area contributed by atoms with E-state index in [1.54, 1.807) is 36.4 Å². The molecule has 0 aliphatic carbocycles. The van der Waals surface area contributed by atoms with Gasteiger partial charge in [0, 0.05) is 22.2 Å². The van der Waals surface area contributed by atoms with Gasteiger partial charge in [0.1, 0.15) is 5.76 Å². The first kappa shape index (κ1) is 20.9. The van der Waals surface area contributed by atoms with Gasteiger partial charge in [0.2, 0.25) is 0 Å². The zero-order valence-corrected chi connectivity index (χ0v) is 16.4. The molecule has 9 nitrogen and oxygen atoms in total. The van der Waals surface area contributed by atoms with Crippen molar-refractivity contribution in [2.24, 2.45) is 0 Å². The molecule has 3 aromatic rings. The minimum Gasteiger partial charge on any atom is -0.490 e. The van der Waals surface area contributed by atoms with Crippen LogP contribution in [0, 0.1) is 20.2 Å². The van der Waals surface area contributed by atoms with Crippen LogP contribution in [-0.4, -0.2) is 24.1 Å². The lowest BCUT2D eigenvalue weighted by atomic mass is 10.1. The van der Waals surface area contributed by atoms with Crippen LogP contribution in [0.25, 0.3) is 11.3 Å². The fourth-order valence-electron chi connectivity index (χ4n) is 2.23. The summed E-state index contributed by atoms with van der Waals surface area (Å²) in [5.74, 6) is 1.09. The average molecular weight is 451 g/mol. The van der Waals surface area contributed by atoms with Crippen LogP contribution in [0.4, 0.5) is 11.4 Å². The van der Waals surface area contributed by atoms with Crippen molar-refractivity contribution in [2.75, 3.05) is 14.2 Å². The highest BCUT2D eigenvalue weighted by atomic mass is 79.9. The van der Waals surface area contributed by atoms with Crippen molar-refractivity contribution in [3.63, 3.8) is 0 Å². The standard InChI is InChI=1S/C11H9NO4.C7H6BrNO3/c1-15-11-5-4-8(7-9(11)12(13)14)10-3-2-6-16-10;1-12-7-3-2-5(8)4-6(7)9(10)11/h2-7H,1H3;2-4H,1H3. The molecule has 0 spiro atoms. The zero-order chi connectivity index (χ0) is 20.7. The van der Waals surface area contributed by atoms with E-state index in [4.69, 9.17) is 13.9 Å². The summed E-state index contributed by atoms with van der Waals surface area (Å²) in [6, 6.07) is 12.8. The van der Waals surface area contributed by atoms with E-state index in [1.807, 2.05) is 0 Å². The summed E-state index contributed by atoms with van der Waals surface area (Å²) < 4.78 is 15.5. The van der Waals surface area contributed by atoms with Gasteiger partial charge in [0.05, 0.1) is 30.3 Å². The molecule has 0 radical (unpaired) electrons. The number of rotatable bonds is 5. The van der Waals surface area contributed by atoms with Gasteiger partial charge in [-0.25, -0.2) is 0 Å². The van der Waals surface area contributed by atoms with Crippen LogP contribution >= 0.6 is 15.9 Å². The largest absolute Gasteiger partial charge is 0.490 e. The van der Waals surface area contributed by atoms with Crippen molar-refractivity contribution in [3.8, 4) is 22.8 Å². The van der Waals surface area contributed by atoms with Gasteiger partial charge in [0.15, 0.2) is 11.5 Å². The number of hydrogen-bond donors (Lipinski definition) is 0. The second-order valence-electron chi connectivity index (χ2n) is 5.19. The molecule has 0 saturated heterocycles. The summed E-state index contributed by atoms with van der Waals surface area (Å²) in [6.45, 7) is 0. The number of ether oxygens (including phenoxy) is 2. The summed E-state index contributed by atoms with van der Waals surface area (Å²) in [7, 11) is 2.80. The van der Waals surface area contributed by atoms with Gasteiger partial charge in [0.25, 0.3) is 0 Å². The molecule has 28 heavy (non-hydrogen) atoms. The lowest BCUT2D eigenvalue weighted by Gasteiger charge is -2.02. The molecule has 0 N–H and O–H groups in total. The van der Waals surface area contributed by atoms with Gasteiger partial charge in [-0.2, -0.15) is 0 Å². The fourth-order valence-corrected chi connectivity index (χ4v) is 2.58. The summed E-state index contributed by atoms with van der Waals surface area (Å²) in [4.78, 5) is 20.3. The Hall–Kier alpha value is -3.40. The second kappa shape index (κ2) is 9.51. The highest BCUT2D eigenvalue weighted by molar-refractivity contribution is 9.10. The van der Waals surface area contributed by atoms with E-state index in [1.165, 1.54) is 32.6 Å². The SMILES string of the molecule is COc1ccc(-c2ccco2)cc1[N+](=O)[O-].COc1ccc(Br)cc1[N+](=O)[O-]. The molecule has 0 bridgehead atoms. The zero-order valence-electron chi connectivity index (χ0n) is 14.8. The molecule has 0 atom stereocenters. The average Bonchev–Trinajstić information content (AvgIpc) is 3.22. The number of halogens is 1. The van der Waals surface area contributed by atoms with Crippen molar-refractivity contribution in [2.45, 2.75) is 0 Å². The van der Waals surface area contributed by atoms with Crippen LogP contribution < -0.4 is 9.47 Å². The quantitative estimate of drug-likeness (QED) is 0.385. The van der Waals surface area contributed by atoms with Crippen molar-refractivity contribution in [1.29, 1.82) is 0 Å². The predicted molar refractivity (Wildman–Crippen MR) is 105 cm³/mol. The number of methoxy groups -OCH3 is 2. The maximum atomic E-state index is 10.8. The van der Waals surface area contributed by atoms with Gasteiger partial charge in [-0.05, 0) is 36.4 Å². The summed E-state index contributed by atoms with van der Waals surface area (Å²) in [5.41, 5.74) is 0.542. The van der Waals surface area contributed by atoms with Crippen molar-refractivity contribution < 1.29 is 23.7 Å². The van der Waals surface area contributed by atoms with E-state index in [2.05, 4.69) is 15.9 Å². The lowest BCUT2D eigenvalue weighted by Crippen LogP contribution is -1.93. The Bertz CT molecular complexity index is 974. The molecule has 1 heterocycles. The molecule has 0 amide bonds. The molecule has 3 rings (SSSR count). The van der Waals surface area contributed by atoms with Gasteiger partial charge in [-0.15, -0.1) is 0 Å². The number of benzene rings is 2. The molecular weight excluding hydrogens is 436 g/mol. The number of nitrogens with zero attached hydrogens (tertiary/aromatic N) is 2. The van der Waals surface area contributed by atoms with Crippen LogP contribution in [0.3, 0.4) is 0 Å². The third-order valence-electron chi connectivity index (χ3n) is 3.52. The number of nitro benzene ring substituents is 2. The maximum absolute atomic E-state index is 10.8. The smallest absolute Gasteiger partial charge is 0.312 e. The van der Waals surface area contributed by atoms with Crippen molar-refractivity contribution in [3.05, 3.63) is 79.5 Å². The first-order chi connectivity index (χ1) is 13.4. The topological polar surface area (TPSA) is 118 Å². The molecule has 0 fully saturated rings. The fraction of sp³-hybridized carbons (Fsp3) is 0.111. The number of nitro groups is 2. The van der Waals surface area contributed by atoms with Crippen LogP contribution in [0.5, 0.6) is 11.5 Å². The Morgan fingerprint density at radius 2 is 1.46 bits per heavy atom. The third kappa shape index (κ3) is 5.07. The summed E-state index contributed by atoms with van der Waals surface area (Å²) >= 11 is 3.13. The van der Waals surface area contributed by atoms with Crippen molar-refractivity contribution >= 4 is 27.3 Å². The van der Waals surface area contributed by atoms with E-state index >= 15 is 0 Å². The minimum absolute atomic E-state index is 0.0353. The molecule has 0 aliphatic rings. The minimum atomic E-state index is -0.483. The molecule has 146 valence electrons. The highest BCUT2D eigenvalue weighted by Crippen LogP contribution is 2.32. The Kier molecular flexibility index (Phi) is 7.10. The number of furan rings is 1. The van der Waals surface area contributed by atoms with E-state index < -0.39 is 9.85 Å². The Labute approximate surface area is 167 Å². The molecule has 2 aromatic carbocycles. The van der Waals surface area contributed by atoms with Gasteiger partial charge < -0.3 is 13.9 Å². The molecule has 0 unspecified atom stereocenters. The van der Waals surface area contributed by atoms with Crippen LogP contribution in [-0.2, 0) is 0 Å². The summed E-state index contributed by atoms with van der Waals surface area (Å²) in [6.07, 6.45) is 1.52. The maximum Gasteiger partial charge on any atom is 0.312 e. The molecule has 0 saturated carbocycles. The Balaban J connectivity index is 0.000000209. The number of hydrogen-bond acceptors (Lipinski definition) is 7. The van der Waals surface area contributed by atoms with Crippen LogP contribution in [0.1, 0.15) is 0 Å². The van der Waals surface area contributed by atoms with Crippen LogP contribution in [0.15, 0.2) is 63.7 Å². The Morgan fingerprint density at radius 1 is 0.893 bits per heavy atom. The predicted octanol–water partition coefficient (Wildman–Crippen LogP) is 5.23. The van der Waals surface area contributed by atoms with E-state index in [0.717, 1.165) is 0 Å². The Morgan fingerprint density at radius 3 is 1.96 bits per heavy atom. The highest BCUT2D eigenvalue weighted by Gasteiger charge is 2.16. The van der Waals surface area contributed by atoms with Gasteiger partial charge in [-0.3, -0.25) is 20.2 Å². The normalized spacial score (nSPS) is 9.82.